The summed E-state index contributed by atoms with van der Waals surface area (Å²) in [6.45, 7) is 5.24. The van der Waals surface area contributed by atoms with Crippen LogP contribution in [0.25, 0.3) is 0 Å². The highest BCUT2D eigenvalue weighted by atomic mass is 16.5. The predicted molar refractivity (Wildman–Crippen MR) is 112 cm³/mol. The minimum absolute atomic E-state index is 0.0285. The Morgan fingerprint density at radius 1 is 1.17 bits per heavy atom. The van der Waals surface area contributed by atoms with Gasteiger partial charge in [0.15, 0.2) is 0 Å². The van der Waals surface area contributed by atoms with Crippen molar-refractivity contribution in [3.8, 4) is 0 Å². The van der Waals surface area contributed by atoms with Crippen molar-refractivity contribution in [3.63, 3.8) is 0 Å². The maximum absolute atomic E-state index is 13.5. The zero-order valence-corrected chi connectivity index (χ0v) is 17.8. The first-order valence-electron chi connectivity index (χ1n) is 11.1. The van der Waals surface area contributed by atoms with Gasteiger partial charge in [-0.25, -0.2) is 0 Å². The van der Waals surface area contributed by atoms with E-state index in [-0.39, 0.29) is 36.3 Å². The molecule has 2 atom stereocenters. The van der Waals surface area contributed by atoms with E-state index in [1.807, 2.05) is 36.9 Å². The molecule has 0 aromatic heterocycles. The summed E-state index contributed by atoms with van der Waals surface area (Å²) in [5, 5.41) is 3.00. The van der Waals surface area contributed by atoms with Crippen molar-refractivity contribution in [2.75, 3.05) is 19.7 Å². The van der Waals surface area contributed by atoms with Gasteiger partial charge in [-0.1, -0.05) is 25.1 Å². The molecule has 1 aliphatic carbocycles. The summed E-state index contributed by atoms with van der Waals surface area (Å²) >= 11 is 0. The molecular formula is C23H31N3O4. The molecule has 2 aliphatic heterocycles. The smallest absolute Gasteiger partial charge is 0.256 e. The van der Waals surface area contributed by atoms with Crippen LogP contribution in [-0.4, -0.2) is 65.0 Å². The van der Waals surface area contributed by atoms with Crippen LogP contribution < -0.4 is 5.32 Å². The highest BCUT2D eigenvalue weighted by molar-refractivity contribution is 5.98. The van der Waals surface area contributed by atoms with E-state index in [9.17, 15) is 14.4 Å². The summed E-state index contributed by atoms with van der Waals surface area (Å²) in [5.74, 6) is 0.0240. The van der Waals surface area contributed by atoms with Crippen molar-refractivity contribution in [2.24, 2.45) is 5.92 Å². The van der Waals surface area contributed by atoms with Gasteiger partial charge < -0.3 is 15.0 Å². The molecule has 1 spiro atoms. The van der Waals surface area contributed by atoms with Gasteiger partial charge in [-0.3, -0.25) is 19.3 Å². The number of hydrogen-bond donors (Lipinski definition) is 1. The molecule has 1 saturated carbocycles. The van der Waals surface area contributed by atoms with Crippen molar-refractivity contribution < 1.29 is 19.1 Å². The van der Waals surface area contributed by atoms with Crippen molar-refractivity contribution in [1.29, 1.82) is 0 Å². The molecule has 0 bridgehead atoms. The lowest BCUT2D eigenvalue weighted by Crippen LogP contribution is -2.60. The number of nitrogens with one attached hydrogen (secondary N) is 1. The normalized spacial score (nSPS) is 24.0. The fourth-order valence-electron chi connectivity index (χ4n) is 4.39. The molecule has 2 unspecified atom stereocenters. The Bertz CT molecular complexity index is 800. The van der Waals surface area contributed by atoms with E-state index < -0.39 is 11.8 Å². The zero-order chi connectivity index (χ0) is 21.3. The van der Waals surface area contributed by atoms with Gasteiger partial charge in [-0.15, -0.1) is 0 Å². The van der Waals surface area contributed by atoms with Gasteiger partial charge in [-0.2, -0.15) is 0 Å². The summed E-state index contributed by atoms with van der Waals surface area (Å²) in [7, 11) is 0. The van der Waals surface area contributed by atoms with Crippen LogP contribution in [0.2, 0.25) is 0 Å². The first kappa shape index (κ1) is 20.8. The lowest BCUT2D eigenvalue weighted by Gasteiger charge is -2.44. The molecule has 4 rings (SSSR count). The first-order valence-corrected chi connectivity index (χ1v) is 11.1. The lowest BCUT2D eigenvalue weighted by atomic mass is 9.96. The highest BCUT2D eigenvalue weighted by Crippen LogP contribution is 2.40. The molecule has 0 radical (unpaired) electrons. The van der Waals surface area contributed by atoms with Gasteiger partial charge in [0.05, 0.1) is 6.61 Å². The topological polar surface area (TPSA) is 79.0 Å². The molecule has 30 heavy (non-hydrogen) atoms. The summed E-state index contributed by atoms with van der Waals surface area (Å²) in [6.07, 6.45) is 3.82. The van der Waals surface area contributed by atoms with Crippen LogP contribution in [-0.2, 0) is 14.3 Å². The molecule has 3 amide bonds. The second kappa shape index (κ2) is 8.38. The second-order valence-corrected chi connectivity index (χ2v) is 8.73. The van der Waals surface area contributed by atoms with E-state index in [4.69, 9.17) is 4.74 Å². The number of amides is 3. The molecule has 1 aromatic rings. The van der Waals surface area contributed by atoms with E-state index in [2.05, 4.69) is 5.32 Å². The number of hydrogen-bond acceptors (Lipinski definition) is 4. The third-order valence-corrected chi connectivity index (χ3v) is 6.59. The van der Waals surface area contributed by atoms with Crippen LogP contribution in [0.5, 0.6) is 0 Å². The molecule has 1 aromatic carbocycles. The van der Waals surface area contributed by atoms with Gasteiger partial charge in [-0.05, 0) is 38.3 Å². The number of carbonyl (C=O) groups excluding carboxylic acids is 3. The maximum Gasteiger partial charge on any atom is 0.256 e. The third-order valence-electron chi connectivity index (χ3n) is 6.59. The molecule has 3 fully saturated rings. The van der Waals surface area contributed by atoms with Gasteiger partial charge in [0.1, 0.15) is 11.8 Å². The van der Waals surface area contributed by atoms with Gasteiger partial charge in [0, 0.05) is 43.5 Å². The van der Waals surface area contributed by atoms with Crippen molar-refractivity contribution >= 4 is 17.7 Å². The van der Waals surface area contributed by atoms with Gasteiger partial charge >= 0.3 is 0 Å². The molecule has 7 nitrogen and oxygen atoms in total. The minimum Gasteiger partial charge on any atom is -0.353 e. The maximum atomic E-state index is 13.5. The number of piperidine rings is 1. The van der Waals surface area contributed by atoms with Crippen LogP contribution in [0.1, 0.15) is 56.3 Å². The largest absolute Gasteiger partial charge is 0.353 e. The number of benzene rings is 1. The highest BCUT2D eigenvalue weighted by Gasteiger charge is 2.54. The number of ether oxygens (including phenoxy) is 1. The summed E-state index contributed by atoms with van der Waals surface area (Å²) in [6, 6.07) is 8.40. The van der Waals surface area contributed by atoms with Crippen molar-refractivity contribution in [1.82, 2.24) is 15.1 Å². The fraction of sp³-hybridized carbons (Fsp3) is 0.609. The van der Waals surface area contributed by atoms with E-state index in [0.717, 1.165) is 19.3 Å². The van der Waals surface area contributed by atoms with Crippen molar-refractivity contribution in [2.45, 2.75) is 63.8 Å². The quantitative estimate of drug-likeness (QED) is 0.803. The molecule has 2 saturated heterocycles. The van der Waals surface area contributed by atoms with Crippen LogP contribution in [0.4, 0.5) is 0 Å². The van der Waals surface area contributed by atoms with Crippen LogP contribution >= 0.6 is 0 Å². The molecule has 2 heterocycles. The average Bonchev–Trinajstić information content (AvgIpc) is 3.56. The Balaban J connectivity index is 1.57. The zero-order valence-electron chi connectivity index (χ0n) is 17.8. The molecular weight excluding hydrogens is 382 g/mol. The van der Waals surface area contributed by atoms with Gasteiger partial charge in [0.25, 0.3) is 5.91 Å². The predicted octanol–water partition coefficient (Wildman–Crippen LogP) is 2.17. The molecule has 162 valence electrons. The standard InChI is InChI=1S/C23H31N3O4/c1-3-16(2)24-20(27)19-15-30-23(26(19)22(29)17-7-5-4-6-8-17)11-13-25(14-12-23)21(28)18-9-10-18/h4-8,16,18-19H,3,9-15H2,1-2H3,(H,24,27). The number of likely N-dealkylation sites (tertiary alicyclic amines) is 1. The Hall–Kier alpha value is -2.41. The third kappa shape index (κ3) is 3.95. The van der Waals surface area contributed by atoms with E-state index in [1.54, 1.807) is 17.0 Å². The Labute approximate surface area is 177 Å². The van der Waals surface area contributed by atoms with E-state index in [1.165, 1.54) is 0 Å². The number of rotatable bonds is 5. The second-order valence-electron chi connectivity index (χ2n) is 8.73. The van der Waals surface area contributed by atoms with E-state index in [0.29, 0.717) is 31.5 Å². The number of carbonyl (C=O) groups is 3. The first-order chi connectivity index (χ1) is 14.4. The molecule has 1 N–H and O–H groups in total. The van der Waals surface area contributed by atoms with Crippen LogP contribution in [0.3, 0.4) is 0 Å². The summed E-state index contributed by atoms with van der Waals surface area (Å²) in [4.78, 5) is 42.5. The van der Waals surface area contributed by atoms with Gasteiger partial charge in [0.2, 0.25) is 11.8 Å². The molecule has 7 heteroatoms. The Morgan fingerprint density at radius 2 is 1.83 bits per heavy atom. The summed E-state index contributed by atoms with van der Waals surface area (Å²) < 4.78 is 6.20. The van der Waals surface area contributed by atoms with E-state index >= 15 is 0 Å². The fourth-order valence-corrected chi connectivity index (χ4v) is 4.39. The van der Waals surface area contributed by atoms with Crippen LogP contribution in [0, 0.1) is 5.92 Å². The SMILES string of the molecule is CCC(C)NC(=O)C1COC2(CCN(C(=O)C3CC3)CC2)N1C(=O)c1ccccc1. The van der Waals surface area contributed by atoms with Crippen molar-refractivity contribution in [3.05, 3.63) is 35.9 Å². The molecule has 3 aliphatic rings. The monoisotopic (exact) mass is 413 g/mol. The minimum atomic E-state index is -0.843. The average molecular weight is 414 g/mol. The Kier molecular flexibility index (Phi) is 5.82. The van der Waals surface area contributed by atoms with Crippen LogP contribution in [0.15, 0.2) is 30.3 Å². The Morgan fingerprint density at radius 3 is 2.43 bits per heavy atom. The number of nitrogens with zero attached hydrogens (tertiary/aromatic N) is 2. The lowest BCUT2D eigenvalue weighted by molar-refractivity contribution is -0.144. The summed E-state index contributed by atoms with van der Waals surface area (Å²) in [5.41, 5.74) is -0.301.